The number of nitrogens with one attached hydrogen (secondary N) is 2. The summed E-state index contributed by atoms with van der Waals surface area (Å²) in [6, 6.07) is 17.1. The SMILES string of the molecule is CC(C)c1ccc(S(=O)(=O)N2CCC(C(=O)NCCCNc3ccccc3)CC2)cc1. The molecule has 0 saturated carbocycles. The Bertz CT molecular complexity index is 936. The lowest BCUT2D eigenvalue weighted by Crippen LogP contribution is -2.43. The number of carbonyl (C=O) groups is 1. The molecule has 168 valence electrons. The monoisotopic (exact) mass is 443 g/mol. The molecular weight excluding hydrogens is 410 g/mol. The zero-order valence-corrected chi connectivity index (χ0v) is 19.2. The van der Waals surface area contributed by atoms with E-state index in [4.69, 9.17) is 0 Å². The minimum atomic E-state index is -3.51. The molecule has 2 aromatic rings. The van der Waals surface area contributed by atoms with Crippen molar-refractivity contribution in [2.75, 3.05) is 31.5 Å². The highest BCUT2D eigenvalue weighted by Crippen LogP contribution is 2.25. The minimum absolute atomic E-state index is 0.0260. The molecular formula is C24H33N3O3S. The number of hydrogen-bond donors (Lipinski definition) is 2. The Labute approximate surface area is 186 Å². The largest absolute Gasteiger partial charge is 0.385 e. The Morgan fingerprint density at radius 2 is 1.65 bits per heavy atom. The molecule has 1 aliphatic heterocycles. The van der Waals surface area contributed by atoms with Gasteiger partial charge in [0.05, 0.1) is 4.90 Å². The van der Waals surface area contributed by atoms with Crippen molar-refractivity contribution in [1.29, 1.82) is 0 Å². The van der Waals surface area contributed by atoms with Gasteiger partial charge >= 0.3 is 0 Å². The lowest BCUT2D eigenvalue weighted by atomic mass is 9.97. The molecule has 0 atom stereocenters. The van der Waals surface area contributed by atoms with Crippen molar-refractivity contribution in [2.24, 2.45) is 5.92 Å². The fourth-order valence-corrected chi connectivity index (χ4v) is 5.23. The average Bonchev–Trinajstić information content (AvgIpc) is 2.79. The normalized spacial score (nSPS) is 15.7. The van der Waals surface area contributed by atoms with Crippen LogP contribution in [0.5, 0.6) is 0 Å². The van der Waals surface area contributed by atoms with Crippen molar-refractivity contribution in [1.82, 2.24) is 9.62 Å². The van der Waals surface area contributed by atoms with Crippen LogP contribution in [0.1, 0.15) is 44.6 Å². The Morgan fingerprint density at radius 3 is 2.26 bits per heavy atom. The molecule has 0 bridgehead atoms. The highest BCUT2D eigenvalue weighted by molar-refractivity contribution is 7.89. The van der Waals surface area contributed by atoms with Gasteiger partial charge in [-0.3, -0.25) is 4.79 Å². The number of rotatable bonds is 9. The second-order valence-electron chi connectivity index (χ2n) is 8.34. The fourth-order valence-electron chi connectivity index (χ4n) is 3.77. The summed E-state index contributed by atoms with van der Waals surface area (Å²) < 4.78 is 27.4. The van der Waals surface area contributed by atoms with Gasteiger partial charge in [-0.15, -0.1) is 0 Å². The third-order valence-corrected chi connectivity index (χ3v) is 7.68. The summed E-state index contributed by atoms with van der Waals surface area (Å²) in [5.74, 6) is 0.259. The molecule has 2 N–H and O–H groups in total. The quantitative estimate of drug-likeness (QED) is 0.578. The maximum Gasteiger partial charge on any atom is 0.243 e. The van der Waals surface area contributed by atoms with Crippen LogP contribution in [0.15, 0.2) is 59.5 Å². The topological polar surface area (TPSA) is 78.5 Å². The molecule has 0 aromatic heterocycles. The number of carbonyl (C=O) groups excluding carboxylic acids is 1. The first-order chi connectivity index (χ1) is 14.9. The molecule has 1 saturated heterocycles. The van der Waals surface area contributed by atoms with Crippen LogP contribution in [0, 0.1) is 5.92 Å². The lowest BCUT2D eigenvalue weighted by Gasteiger charge is -2.30. The highest BCUT2D eigenvalue weighted by Gasteiger charge is 2.31. The Morgan fingerprint density at radius 1 is 1.00 bits per heavy atom. The van der Waals surface area contributed by atoms with Crippen LogP contribution in [0.4, 0.5) is 5.69 Å². The smallest absolute Gasteiger partial charge is 0.243 e. The van der Waals surface area contributed by atoms with Gasteiger partial charge < -0.3 is 10.6 Å². The number of amides is 1. The molecule has 31 heavy (non-hydrogen) atoms. The minimum Gasteiger partial charge on any atom is -0.385 e. The summed E-state index contributed by atoms with van der Waals surface area (Å²) in [5, 5.41) is 6.31. The molecule has 0 unspecified atom stereocenters. The van der Waals surface area contributed by atoms with E-state index in [2.05, 4.69) is 24.5 Å². The number of anilines is 1. The number of nitrogens with zero attached hydrogens (tertiary/aromatic N) is 1. The van der Waals surface area contributed by atoms with Gasteiger partial charge in [0.2, 0.25) is 15.9 Å². The van der Waals surface area contributed by atoms with Crippen LogP contribution in [0.25, 0.3) is 0 Å². The van der Waals surface area contributed by atoms with E-state index in [0.29, 0.717) is 43.3 Å². The van der Waals surface area contributed by atoms with E-state index in [1.54, 1.807) is 12.1 Å². The molecule has 1 amide bonds. The summed E-state index contributed by atoms with van der Waals surface area (Å²) in [6.07, 6.45) is 1.94. The second-order valence-corrected chi connectivity index (χ2v) is 10.3. The predicted molar refractivity (Wildman–Crippen MR) is 125 cm³/mol. The Hall–Kier alpha value is -2.38. The molecule has 0 aliphatic carbocycles. The van der Waals surface area contributed by atoms with Crippen LogP contribution >= 0.6 is 0 Å². The van der Waals surface area contributed by atoms with Crippen molar-refractivity contribution >= 4 is 21.6 Å². The number of hydrogen-bond acceptors (Lipinski definition) is 4. The summed E-state index contributed by atoms with van der Waals surface area (Å²) in [6.45, 7) is 6.32. The van der Waals surface area contributed by atoms with Crippen LogP contribution < -0.4 is 10.6 Å². The van der Waals surface area contributed by atoms with Crippen molar-refractivity contribution < 1.29 is 13.2 Å². The molecule has 1 aliphatic rings. The Balaban J connectivity index is 1.41. The second kappa shape index (κ2) is 10.8. The van der Waals surface area contributed by atoms with E-state index in [0.717, 1.165) is 24.2 Å². The van der Waals surface area contributed by atoms with Gasteiger partial charge in [0, 0.05) is 37.8 Å². The number of sulfonamides is 1. The van der Waals surface area contributed by atoms with Crippen molar-refractivity contribution in [3.05, 3.63) is 60.2 Å². The van der Waals surface area contributed by atoms with Crippen LogP contribution in [0.2, 0.25) is 0 Å². The summed E-state index contributed by atoms with van der Waals surface area (Å²) in [4.78, 5) is 12.8. The molecule has 7 heteroatoms. The zero-order chi connectivity index (χ0) is 22.3. The van der Waals surface area contributed by atoms with E-state index >= 15 is 0 Å². The fraction of sp³-hybridized carbons (Fsp3) is 0.458. The van der Waals surface area contributed by atoms with Crippen molar-refractivity contribution in [3.63, 3.8) is 0 Å². The Kier molecular flexibility index (Phi) is 8.09. The van der Waals surface area contributed by atoms with E-state index in [1.807, 2.05) is 42.5 Å². The number of piperidine rings is 1. The van der Waals surface area contributed by atoms with Crippen LogP contribution in [0.3, 0.4) is 0 Å². The van der Waals surface area contributed by atoms with E-state index in [-0.39, 0.29) is 11.8 Å². The van der Waals surface area contributed by atoms with Gasteiger partial charge in [0.25, 0.3) is 0 Å². The molecule has 2 aromatic carbocycles. The first-order valence-electron chi connectivity index (χ1n) is 11.0. The van der Waals surface area contributed by atoms with E-state index in [1.165, 1.54) is 4.31 Å². The molecule has 0 radical (unpaired) electrons. The van der Waals surface area contributed by atoms with Crippen molar-refractivity contribution in [2.45, 2.75) is 43.9 Å². The lowest BCUT2D eigenvalue weighted by molar-refractivity contribution is -0.126. The van der Waals surface area contributed by atoms with Gasteiger partial charge in [0.1, 0.15) is 0 Å². The van der Waals surface area contributed by atoms with Gasteiger partial charge in [0.15, 0.2) is 0 Å². The zero-order valence-electron chi connectivity index (χ0n) is 18.4. The van der Waals surface area contributed by atoms with Gasteiger partial charge in [-0.2, -0.15) is 4.31 Å². The highest BCUT2D eigenvalue weighted by atomic mass is 32.2. The molecule has 6 nitrogen and oxygen atoms in total. The summed E-state index contributed by atoms with van der Waals surface area (Å²) in [7, 11) is -3.51. The van der Waals surface area contributed by atoms with Crippen molar-refractivity contribution in [3.8, 4) is 0 Å². The maximum absolute atomic E-state index is 12.9. The van der Waals surface area contributed by atoms with E-state index < -0.39 is 10.0 Å². The molecule has 0 spiro atoms. The predicted octanol–water partition coefficient (Wildman–Crippen LogP) is 3.83. The molecule has 1 fully saturated rings. The van der Waals surface area contributed by atoms with Gasteiger partial charge in [-0.1, -0.05) is 44.2 Å². The molecule has 3 rings (SSSR count). The molecule has 1 heterocycles. The average molecular weight is 444 g/mol. The first kappa shape index (κ1) is 23.3. The van der Waals surface area contributed by atoms with Crippen LogP contribution in [-0.2, 0) is 14.8 Å². The first-order valence-corrected chi connectivity index (χ1v) is 12.5. The third-order valence-electron chi connectivity index (χ3n) is 5.76. The third kappa shape index (κ3) is 6.31. The summed E-state index contributed by atoms with van der Waals surface area (Å²) >= 11 is 0. The standard InChI is InChI=1S/C24H33N3O3S/c1-19(2)20-9-11-23(12-10-20)31(29,30)27-17-13-21(14-18-27)24(28)26-16-6-15-25-22-7-4-3-5-8-22/h3-5,7-12,19,21,25H,6,13-18H2,1-2H3,(H,26,28). The summed E-state index contributed by atoms with van der Waals surface area (Å²) in [5.41, 5.74) is 2.19. The maximum atomic E-state index is 12.9. The van der Waals surface area contributed by atoms with Gasteiger partial charge in [-0.25, -0.2) is 8.42 Å². The van der Waals surface area contributed by atoms with E-state index in [9.17, 15) is 13.2 Å². The number of benzene rings is 2. The number of para-hydroxylation sites is 1. The van der Waals surface area contributed by atoms with Gasteiger partial charge in [-0.05, 0) is 55.0 Å². The van der Waals surface area contributed by atoms with Crippen LogP contribution in [-0.4, -0.2) is 44.8 Å².